The van der Waals surface area contributed by atoms with E-state index < -0.39 is 0 Å². The molecule has 2 aliphatic heterocycles. The highest BCUT2D eigenvalue weighted by atomic mass is 16.6. The third kappa shape index (κ3) is 4.54. The van der Waals surface area contributed by atoms with E-state index in [0.29, 0.717) is 6.04 Å². The molecule has 2 heterocycles. The summed E-state index contributed by atoms with van der Waals surface area (Å²) in [6.45, 7) is 11.3. The van der Waals surface area contributed by atoms with Gasteiger partial charge in [0.05, 0.1) is 25.9 Å². The molecule has 17 heavy (non-hydrogen) atoms. The molecule has 2 rings (SSSR count). The van der Waals surface area contributed by atoms with Crippen molar-refractivity contribution in [1.29, 1.82) is 0 Å². The van der Waals surface area contributed by atoms with Gasteiger partial charge in [-0.05, 0) is 12.3 Å². The number of hydrogen-bond acceptors (Lipinski definition) is 4. The minimum absolute atomic E-state index is 0.279. The standard InChI is InChI=1S/C13H26N2O2/c1-11(2)7-12-8-15(4-3-14-12)9-13-10-16-5-6-17-13/h11-14H,3-10H2,1-2H3. The molecule has 0 aromatic carbocycles. The van der Waals surface area contributed by atoms with Gasteiger partial charge in [-0.15, -0.1) is 0 Å². The molecule has 0 aromatic heterocycles. The van der Waals surface area contributed by atoms with Crippen molar-refractivity contribution < 1.29 is 9.47 Å². The third-order valence-corrected chi connectivity index (χ3v) is 3.44. The van der Waals surface area contributed by atoms with Crippen molar-refractivity contribution in [1.82, 2.24) is 10.2 Å². The van der Waals surface area contributed by atoms with Gasteiger partial charge in [-0.1, -0.05) is 13.8 Å². The molecular weight excluding hydrogens is 216 g/mol. The van der Waals surface area contributed by atoms with Gasteiger partial charge in [0.2, 0.25) is 0 Å². The summed E-state index contributed by atoms with van der Waals surface area (Å²) >= 11 is 0. The molecule has 0 radical (unpaired) electrons. The number of rotatable bonds is 4. The van der Waals surface area contributed by atoms with Gasteiger partial charge in [-0.2, -0.15) is 0 Å². The summed E-state index contributed by atoms with van der Waals surface area (Å²) in [7, 11) is 0. The van der Waals surface area contributed by atoms with Crippen LogP contribution in [-0.2, 0) is 9.47 Å². The number of ether oxygens (including phenoxy) is 2. The zero-order valence-corrected chi connectivity index (χ0v) is 11.2. The van der Waals surface area contributed by atoms with Crippen molar-refractivity contribution in [3.05, 3.63) is 0 Å². The Morgan fingerprint density at radius 2 is 2.24 bits per heavy atom. The first-order chi connectivity index (χ1) is 8.24. The maximum Gasteiger partial charge on any atom is 0.0936 e. The zero-order valence-electron chi connectivity index (χ0n) is 11.2. The second-order valence-corrected chi connectivity index (χ2v) is 5.61. The fraction of sp³-hybridized carbons (Fsp3) is 1.00. The van der Waals surface area contributed by atoms with E-state index in [0.717, 1.165) is 51.9 Å². The molecule has 0 saturated carbocycles. The Balaban J connectivity index is 1.72. The number of piperazine rings is 1. The summed E-state index contributed by atoms with van der Waals surface area (Å²) in [6.07, 6.45) is 1.54. The van der Waals surface area contributed by atoms with Crippen LogP contribution in [0.5, 0.6) is 0 Å². The first-order valence-electron chi connectivity index (χ1n) is 6.89. The van der Waals surface area contributed by atoms with Gasteiger partial charge in [0.25, 0.3) is 0 Å². The van der Waals surface area contributed by atoms with E-state index in [-0.39, 0.29) is 6.10 Å². The Morgan fingerprint density at radius 3 is 2.94 bits per heavy atom. The van der Waals surface area contributed by atoms with Crippen molar-refractivity contribution in [3.63, 3.8) is 0 Å². The summed E-state index contributed by atoms with van der Waals surface area (Å²) < 4.78 is 11.2. The molecule has 2 fully saturated rings. The summed E-state index contributed by atoms with van der Waals surface area (Å²) in [4.78, 5) is 2.52. The lowest BCUT2D eigenvalue weighted by Crippen LogP contribution is -2.53. The topological polar surface area (TPSA) is 33.7 Å². The monoisotopic (exact) mass is 242 g/mol. The van der Waals surface area contributed by atoms with E-state index in [1.807, 2.05) is 0 Å². The smallest absolute Gasteiger partial charge is 0.0936 e. The summed E-state index contributed by atoms with van der Waals surface area (Å²) in [6, 6.07) is 0.647. The van der Waals surface area contributed by atoms with E-state index in [4.69, 9.17) is 9.47 Å². The Kier molecular flexibility index (Phi) is 5.22. The van der Waals surface area contributed by atoms with Crippen LogP contribution in [0.15, 0.2) is 0 Å². The second-order valence-electron chi connectivity index (χ2n) is 5.61. The van der Waals surface area contributed by atoms with Crippen molar-refractivity contribution in [2.45, 2.75) is 32.4 Å². The Bertz CT molecular complexity index is 217. The lowest BCUT2D eigenvalue weighted by Gasteiger charge is -2.37. The normalized spacial score (nSPS) is 31.9. The molecule has 0 spiro atoms. The van der Waals surface area contributed by atoms with Gasteiger partial charge in [0, 0.05) is 32.2 Å². The molecule has 2 saturated heterocycles. The van der Waals surface area contributed by atoms with E-state index in [2.05, 4.69) is 24.1 Å². The van der Waals surface area contributed by atoms with Gasteiger partial charge in [-0.25, -0.2) is 0 Å². The highest BCUT2D eigenvalue weighted by Crippen LogP contribution is 2.11. The van der Waals surface area contributed by atoms with Crippen LogP contribution in [0, 0.1) is 5.92 Å². The average Bonchev–Trinajstić information content (AvgIpc) is 2.30. The van der Waals surface area contributed by atoms with Crippen LogP contribution in [-0.4, -0.2) is 63.0 Å². The van der Waals surface area contributed by atoms with Gasteiger partial charge in [0.15, 0.2) is 0 Å². The number of nitrogens with zero attached hydrogens (tertiary/aromatic N) is 1. The van der Waals surface area contributed by atoms with Crippen LogP contribution < -0.4 is 5.32 Å². The third-order valence-electron chi connectivity index (χ3n) is 3.44. The van der Waals surface area contributed by atoms with Crippen LogP contribution in [0.1, 0.15) is 20.3 Å². The lowest BCUT2D eigenvalue weighted by molar-refractivity contribution is -0.0991. The number of nitrogens with one attached hydrogen (secondary N) is 1. The van der Waals surface area contributed by atoms with Gasteiger partial charge in [-0.3, -0.25) is 4.90 Å². The minimum atomic E-state index is 0.279. The van der Waals surface area contributed by atoms with Crippen molar-refractivity contribution in [2.24, 2.45) is 5.92 Å². The van der Waals surface area contributed by atoms with E-state index >= 15 is 0 Å². The lowest BCUT2D eigenvalue weighted by atomic mass is 10.0. The highest BCUT2D eigenvalue weighted by Gasteiger charge is 2.24. The predicted octanol–water partition coefficient (Wildman–Crippen LogP) is 0.722. The second kappa shape index (κ2) is 6.69. The minimum Gasteiger partial charge on any atom is -0.376 e. The average molecular weight is 242 g/mol. The molecule has 0 amide bonds. The van der Waals surface area contributed by atoms with Crippen LogP contribution in [0.4, 0.5) is 0 Å². The van der Waals surface area contributed by atoms with Gasteiger partial charge in [0.1, 0.15) is 0 Å². The fourth-order valence-electron chi connectivity index (χ4n) is 2.72. The molecule has 0 bridgehead atoms. The van der Waals surface area contributed by atoms with Crippen LogP contribution in [0.25, 0.3) is 0 Å². The highest BCUT2D eigenvalue weighted by molar-refractivity contribution is 4.81. The first kappa shape index (κ1) is 13.3. The quantitative estimate of drug-likeness (QED) is 0.788. The molecule has 0 aromatic rings. The molecule has 2 aliphatic rings. The van der Waals surface area contributed by atoms with Crippen LogP contribution >= 0.6 is 0 Å². The Labute approximate surface area is 105 Å². The van der Waals surface area contributed by atoms with Gasteiger partial charge < -0.3 is 14.8 Å². The van der Waals surface area contributed by atoms with E-state index in [9.17, 15) is 0 Å². The molecule has 2 unspecified atom stereocenters. The van der Waals surface area contributed by atoms with Gasteiger partial charge >= 0.3 is 0 Å². The Hall–Kier alpha value is -0.160. The first-order valence-corrected chi connectivity index (χ1v) is 6.89. The Morgan fingerprint density at radius 1 is 1.35 bits per heavy atom. The number of hydrogen-bond donors (Lipinski definition) is 1. The molecular formula is C13H26N2O2. The summed E-state index contributed by atoms with van der Waals surface area (Å²) in [5, 5.41) is 3.60. The predicted molar refractivity (Wildman–Crippen MR) is 68.2 cm³/mol. The van der Waals surface area contributed by atoms with Crippen molar-refractivity contribution in [2.75, 3.05) is 46.0 Å². The SMILES string of the molecule is CC(C)CC1CN(CC2COCCO2)CCN1. The summed E-state index contributed by atoms with van der Waals surface area (Å²) in [5.41, 5.74) is 0. The van der Waals surface area contributed by atoms with Crippen LogP contribution in [0.2, 0.25) is 0 Å². The molecule has 4 heteroatoms. The van der Waals surface area contributed by atoms with Crippen molar-refractivity contribution >= 4 is 0 Å². The van der Waals surface area contributed by atoms with E-state index in [1.54, 1.807) is 0 Å². The maximum absolute atomic E-state index is 5.71. The van der Waals surface area contributed by atoms with E-state index in [1.165, 1.54) is 6.42 Å². The maximum atomic E-state index is 5.71. The molecule has 2 atom stereocenters. The van der Waals surface area contributed by atoms with Crippen molar-refractivity contribution in [3.8, 4) is 0 Å². The largest absolute Gasteiger partial charge is 0.376 e. The fourth-order valence-corrected chi connectivity index (χ4v) is 2.72. The summed E-state index contributed by atoms with van der Waals surface area (Å²) in [5.74, 6) is 0.765. The molecule has 4 nitrogen and oxygen atoms in total. The zero-order chi connectivity index (χ0) is 12.1. The molecule has 0 aliphatic carbocycles. The van der Waals surface area contributed by atoms with Crippen LogP contribution in [0.3, 0.4) is 0 Å². The molecule has 100 valence electrons. The molecule has 1 N–H and O–H groups in total.